The van der Waals surface area contributed by atoms with E-state index >= 15 is 0 Å². The molecule has 0 N–H and O–H groups in total. The van der Waals surface area contributed by atoms with Crippen molar-refractivity contribution in [2.24, 2.45) is 0 Å². The molecule has 75 valence electrons. The van der Waals surface area contributed by atoms with Gasteiger partial charge < -0.3 is 4.52 Å². The van der Waals surface area contributed by atoms with E-state index < -0.39 is 5.83 Å². The molecule has 0 aliphatic heterocycles. The van der Waals surface area contributed by atoms with Crippen LogP contribution in [0.5, 0.6) is 0 Å². The van der Waals surface area contributed by atoms with E-state index in [4.69, 9.17) is 4.52 Å². The van der Waals surface area contributed by atoms with Gasteiger partial charge in [-0.25, -0.2) is 4.39 Å². The standard InChI is InChI=1S/C11H8FN2O/c1-2-8(12)11-7-10(14-15-11)9-5-3-4-6-13-9/h2-7H,1H2/b8-2-. The van der Waals surface area contributed by atoms with Gasteiger partial charge in [-0.05, 0) is 25.1 Å². The molecular weight excluding hydrogens is 195 g/mol. The van der Waals surface area contributed by atoms with Gasteiger partial charge in [-0.15, -0.1) is 0 Å². The smallest absolute Gasteiger partial charge is 0.195 e. The first-order chi connectivity index (χ1) is 7.31. The molecule has 2 rings (SSSR count). The fourth-order valence-corrected chi connectivity index (χ4v) is 1.12. The monoisotopic (exact) mass is 203 g/mol. The Balaban J connectivity index is 2.36. The highest BCUT2D eigenvalue weighted by Gasteiger charge is 2.09. The van der Waals surface area contributed by atoms with Crippen LogP contribution in [0.2, 0.25) is 0 Å². The lowest BCUT2D eigenvalue weighted by atomic mass is 10.2. The average Bonchev–Trinajstić information content (AvgIpc) is 2.78. The molecule has 0 atom stereocenters. The number of aromatic nitrogens is 2. The summed E-state index contributed by atoms with van der Waals surface area (Å²) in [5.74, 6) is -0.477. The van der Waals surface area contributed by atoms with E-state index in [2.05, 4.69) is 17.1 Å². The molecule has 0 amide bonds. The number of rotatable bonds is 2. The van der Waals surface area contributed by atoms with Gasteiger partial charge in [0.15, 0.2) is 11.6 Å². The largest absolute Gasteiger partial charge is 0.353 e. The molecule has 0 saturated carbocycles. The van der Waals surface area contributed by atoms with Crippen LogP contribution in [-0.4, -0.2) is 10.1 Å². The lowest BCUT2D eigenvalue weighted by Crippen LogP contribution is -1.79. The predicted octanol–water partition coefficient (Wildman–Crippen LogP) is 2.88. The number of hydrogen-bond donors (Lipinski definition) is 0. The quantitative estimate of drug-likeness (QED) is 0.753. The molecule has 4 heteroatoms. The van der Waals surface area contributed by atoms with Crippen LogP contribution in [0.3, 0.4) is 0 Å². The molecule has 0 fully saturated rings. The topological polar surface area (TPSA) is 38.9 Å². The highest BCUT2D eigenvalue weighted by Crippen LogP contribution is 2.21. The van der Waals surface area contributed by atoms with Gasteiger partial charge in [-0.2, -0.15) is 0 Å². The SMILES string of the molecule is [CH2]/C=C(\F)c1cc(-c2ccccn2)no1. The van der Waals surface area contributed by atoms with Crippen LogP contribution in [0.1, 0.15) is 5.76 Å². The van der Waals surface area contributed by atoms with Crippen molar-refractivity contribution in [3.05, 3.63) is 49.2 Å². The Morgan fingerprint density at radius 2 is 2.27 bits per heavy atom. The van der Waals surface area contributed by atoms with Gasteiger partial charge in [0, 0.05) is 12.3 Å². The second-order valence-corrected chi connectivity index (χ2v) is 2.84. The van der Waals surface area contributed by atoms with Crippen LogP contribution in [0.4, 0.5) is 4.39 Å². The van der Waals surface area contributed by atoms with E-state index in [1.807, 2.05) is 6.07 Å². The Hall–Kier alpha value is -1.97. The van der Waals surface area contributed by atoms with Crippen molar-refractivity contribution >= 4 is 5.83 Å². The lowest BCUT2D eigenvalue weighted by Gasteiger charge is -1.90. The summed E-state index contributed by atoms with van der Waals surface area (Å²) in [4.78, 5) is 4.07. The first-order valence-corrected chi connectivity index (χ1v) is 4.34. The average molecular weight is 203 g/mol. The second kappa shape index (κ2) is 4.04. The van der Waals surface area contributed by atoms with Crippen LogP contribution in [0, 0.1) is 6.92 Å². The van der Waals surface area contributed by atoms with Crippen LogP contribution in [0.25, 0.3) is 17.2 Å². The van der Waals surface area contributed by atoms with Crippen LogP contribution in [-0.2, 0) is 0 Å². The maximum absolute atomic E-state index is 13.0. The number of allylic oxidation sites excluding steroid dienone is 1. The minimum absolute atomic E-state index is 0.0608. The van der Waals surface area contributed by atoms with Crippen LogP contribution >= 0.6 is 0 Å². The third-order valence-electron chi connectivity index (χ3n) is 1.85. The molecule has 0 bridgehead atoms. The lowest BCUT2D eigenvalue weighted by molar-refractivity contribution is 0.403. The Morgan fingerprint density at radius 3 is 2.93 bits per heavy atom. The molecule has 2 aromatic rings. The molecule has 2 heterocycles. The van der Waals surface area contributed by atoms with Gasteiger partial charge in [-0.1, -0.05) is 11.2 Å². The summed E-state index contributed by atoms with van der Waals surface area (Å²) < 4.78 is 17.8. The summed E-state index contributed by atoms with van der Waals surface area (Å²) in [6.07, 6.45) is 2.71. The maximum atomic E-state index is 13.0. The van der Waals surface area contributed by atoms with E-state index in [1.165, 1.54) is 6.07 Å². The number of hydrogen-bond acceptors (Lipinski definition) is 3. The van der Waals surface area contributed by atoms with Gasteiger partial charge in [-0.3, -0.25) is 4.98 Å². The van der Waals surface area contributed by atoms with Crippen molar-refractivity contribution in [3.63, 3.8) is 0 Å². The third kappa shape index (κ3) is 1.93. The normalized spacial score (nSPS) is 11.7. The third-order valence-corrected chi connectivity index (χ3v) is 1.85. The summed E-state index contributed by atoms with van der Waals surface area (Å²) >= 11 is 0. The fraction of sp³-hybridized carbons (Fsp3) is 0. The zero-order valence-corrected chi connectivity index (χ0v) is 7.85. The Labute approximate surface area is 86.2 Å². The first kappa shape index (κ1) is 9.58. The molecule has 1 radical (unpaired) electrons. The van der Waals surface area contributed by atoms with Crippen molar-refractivity contribution in [1.82, 2.24) is 10.1 Å². The Morgan fingerprint density at radius 1 is 1.40 bits per heavy atom. The molecular formula is C11H8FN2O. The Kier molecular flexibility index (Phi) is 2.58. The summed E-state index contributed by atoms with van der Waals surface area (Å²) in [6.45, 7) is 3.30. The van der Waals surface area contributed by atoms with E-state index in [-0.39, 0.29) is 5.76 Å². The van der Waals surface area contributed by atoms with E-state index in [1.54, 1.807) is 18.3 Å². The molecule has 2 aromatic heterocycles. The first-order valence-electron chi connectivity index (χ1n) is 4.34. The van der Waals surface area contributed by atoms with Gasteiger partial charge in [0.25, 0.3) is 0 Å². The number of halogens is 1. The molecule has 0 aromatic carbocycles. The molecule has 0 unspecified atom stereocenters. The predicted molar refractivity (Wildman–Crippen MR) is 54.2 cm³/mol. The fourth-order valence-electron chi connectivity index (χ4n) is 1.12. The number of nitrogens with zero attached hydrogens (tertiary/aromatic N) is 2. The second-order valence-electron chi connectivity index (χ2n) is 2.84. The molecule has 0 saturated heterocycles. The van der Waals surface area contributed by atoms with Crippen LogP contribution < -0.4 is 0 Å². The summed E-state index contributed by atoms with van der Waals surface area (Å²) in [5.41, 5.74) is 1.15. The zero-order chi connectivity index (χ0) is 10.7. The van der Waals surface area contributed by atoms with E-state index in [0.29, 0.717) is 11.4 Å². The minimum atomic E-state index is -0.537. The zero-order valence-electron chi connectivity index (χ0n) is 7.85. The summed E-state index contributed by atoms with van der Waals surface area (Å²) in [5, 5.41) is 3.71. The highest BCUT2D eigenvalue weighted by molar-refractivity contribution is 5.61. The minimum Gasteiger partial charge on any atom is -0.353 e. The van der Waals surface area contributed by atoms with Crippen molar-refractivity contribution < 1.29 is 8.91 Å². The summed E-state index contributed by atoms with van der Waals surface area (Å²) in [7, 11) is 0. The highest BCUT2D eigenvalue weighted by atomic mass is 19.1. The van der Waals surface area contributed by atoms with Gasteiger partial charge >= 0.3 is 0 Å². The number of pyridine rings is 1. The van der Waals surface area contributed by atoms with Gasteiger partial charge in [0.2, 0.25) is 0 Å². The van der Waals surface area contributed by atoms with Crippen molar-refractivity contribution in [2.45, 2.75) is 0 Å². The maximum Gasteiger partial charge on any atom is 0.195 e. The molecule has 3 nitrogen and oxygen atoms in total. The van der Waals surface area contributed by atoms with E-state index in [0.717, 1.165) is 6.08 Å². The summed E-state index contributed by atoms with van der Waals surface area (Å²) in [6, 6.07) is 6.87. The van der Waals surface area contributed by atoms with Crippen LogP contribution in [0.15, 0.2) is 41.1 Å². The Bertz CT molecular complexity index is 476. The molecule has 15 heavy (non-hydrogen) atoms. The van der Waals surface area contributed by atoms with Crippen molar-refractivity contribution in [2.75, 3.05) is 0 Å². The van der Waals surface area contributed by atoms with Crippen molar-refractivity contribution in [3.8, 4) is 11.4 Å². The van der Waals surface area contributed by atoms with Gasteiger partial charge in [0.05, 0.1) is 5.69 Å². The molecule has 0 aliphatic rings. The molecule has 0 spiro atoms. The van der Waals surface area contributed by atoms with Crippen molar-refractivity contribution in [1.29, 1.82) is 0 Å². The van der Waals surface area contributed by atoms with Gasteiger partial charge in [0.1, 0.15) is 5.69 Å². The van der Waals surface area contributed by atoms with E-state index in [9.17, 15) is 4.39 Å². The molecule has 0 aliphatic carbocycles.